The molecule has 0 saturated carbocycles. The van der Waals surface area contributed by atoms with Crippen molar-refractivity contribution >= 4 is 6.09 Å². The highest BCUT2D eigenvalue weighted by atomic mass is 19.4. The molecule has 8 heteroatoms. The van der Waals surface area contributed by atoms with Gasteiger partial charge in [-0.3, -0.25) is 0 Å². The van der Waals surface area contributed by atoms with Crippen LogP contribution in [0.3, 0.4) is 0 Å². The molecule has 29 heavy (non-hydrogen) atoms. The summed E-state index contributed by atoms with van der Waals surface area (Å²) in [6.45, 7) is 0.207. The van der Waals surface area contributed by atoms with Gasteiger partial charge in [-0.15, -0.1) is 0 Å². The number of hydrogen-bond acceptors (Lipinski definition) is 4. The summed E-state index contributed by atoms with van der Waals surface area (Å²) in [7, 11) is 3.13. The molecule has 0 spiro atoms. The molecular weight excluding hydrogens is 387 g/mol. The molecule has 1 saturated heterocycles. The predicted molar refractivity (Wildman–Crippen MR) is 98.1 cm³/mol. The van der Waals surface area contributed by atoms with Crippen LogP contribution >= 0.6 is 0 Å². The van der Waals surface area contributed by atoms with Crippen LogP contribution in [-0.2, 0) is 23.8 Å². The van der Waals surface area contributed by atoms with Crippen molar-refractivity contribution < 1.29 is 32.2 Å². The van der Waals surface area contributed by atoms with Gasteiger partial charge < -0.3 is 19.1 Å². The number of nitrogens with zero attached hydrogens (tertiary/aromatic N) is 1. The van der Waals surface area contributed by atoms with Crippen molar-refractivity contribution in [3.8, 4) is 11.5 Å². The molecule has 2 unspecified atom stereocenters. The lowest BCUT2D eigenvalue weighted by Gasteiger charge is -2.21. The number of amides is 1. The average molecular weight is 407 g/mol. The van der Waals surface area contributed by atoms with E-state index >= 15 is 0 Å². The van der Waals surface area contributed by atoms with Crippen molar-refractivity contribution in [2.24, 2.45) is 0 Å². The molecule has 1 heterocycles. The average Bonchev–Trinajstić information content (AvgIpc) is 3.29. The SMILES string of the molecule is COc1ccc2c(c1OC)CC(N1CC(c3cccc(C(F)(F)F)c3)OC1=O)C2. The van der Waals surface area contributed by atoms with E-state index in [1.807, 2.05) is 12.1 Å². The number of carbonyl (C=O) groups excluding carboxylic acids is 1. The number of fused-ring (bicyclic) bond motifs is 1. The Morgan fingerprint density at radius 3 is 2.59 bits per heavy atom. The van der Waals surface area contributed by atoms with Crippen LogP contribution in [0, 0.1) is 0 Å². The van der Waals surface area contributed by atoms with Crippen molar-refractivity contribution in [3.05, 3.63) is 58.7 Å². The van der Waals surface area contributed by atoms with E-state index in [-0.39, 0.29) is 12.6 Å². The van der Waals surface area contributed by atoms with Crippen molar-refractivity contribution in [1.29, 1.82) is 0 Å². The third kappa shape index (κ3) is 3.47. The van der Waals surface area contributed by atoms with Crippen molar-refractivity contribution in [1.82, 2.24) is 4.90 Å². The van der Waals surface area contributed by atoms with Gasteiger partial charge in [0.2, 0.25) is 0 Å². The van der Waals surface area contributed by atoms with E-state index in [1.165, 1.54) is 6.07 Å². The van der Waals surface area contributed by atoms with Gasteiger partial charge in [-0.1, -0.05) is 18.2 Å². The highest BCUT2D eigenvalue weighted by molar-refractivity contribution is 5.71. The van der Waals surface area contributed by atoms with E-state index in [0.29, 0.717) is 29.9 Å². The second-order valence-electron chi connectivity index (χ2n) is 7.15. The van der Waals surface area contributed by atoms with Gasteiger partial charge in [0.1, 0.15) is 6.10 Å². The molecule has 0 aromatic heterocycles. The minimum absolute atomic E-state index is 0.144. The summed E-state index contributed by atoms with van der Waals surface area (Å²) in [6.07, 6.45) is -4.50. The Labute approximate surface area is 166 Å². The van der Waals surface area contributed by atoms with Crippen LogP contribution in [0.4, 0.5) is 18.0 Å². The summed E-state index contributed by atoms with van der Waals surface area (Å²) in [4.78, 5) is 14.1. The van der Waals surface area contributed by atoms with Gasteiger partial charge in [0.25, 0.3) is 0 Å². The van der Waals surface area contributed by atoms with Crippen LogP contribution in [0.25, 0.3) is 0 Å². The zero-order valence-electron chi connectivity index (χ0n) is 16.0. The topological polar surface area (TPSA) is 48.0 Å². The molecule has 1 fully saturated rings. The smallest absolute Gasteiger partial charge is 0.416 e. The molecule has 0 N–H and O–H groups in total. The van der Waals surface area contributed by atoms with Crippen LogP contribution in [-0.4, -0.2) is 37.8 Å². The summed E-state index contributed by atoms with van der Waals surface area (Å²) in [5, 5.41) is 0. The fourth-order valence-electron chi connectivity index (χ4n) is 4.10. The maximum Gasteiger partial charge on any atom is 0.416 e. The Kier molecular flexibility index (Phi) is 4.80. The first-order valence-electron chi connectivity index (χ1n) is 9.19. The van der Waals surface area contributed by atoms with Crippen LogP contribution in [0.5, 0.6) is 11.5 Å². The van der Waals surface area contributed by atoms with E-state index in [0.717, 1.165) is 23.3 Å². The monoisotopic (exact) mass is 407 g/mol. The molecule has 4 rings (SSSR count). The van der Waals surface area contributed by atoms with Gasteiger partial charge in [0, 0.05) is 11.6 Å². The highest BCUT2D eigenvalue weighted by Gasteiger charge is 2.41. The molecule has 0 bridgehead atoms. The molecule has 2 atom stereocenters. The number of hydrogen-bond donors (Lipinski definition) is 0. The predicted octanol–water partition coefficient (Wildman–Crippen LogP) is 4.38. The van der Waals surface area contributed by atoms with Gasteiger partial charge >= 0.3 is 12.3 Å². The third-order valence-corrected chi connectivity index (χ3v) is 5.51. The normalized spacial score (nSPS) is 21.1. The number of cyclic esters (lactones) is 1. The van der Waals surface area contributed by atoms with E-state index in [1.54, 1.807) is 25.2 Å². The van der Waals surface area contributed by atoms with Crippen LogP contribution in [0.15, 0.2) is 36.4 Å². The highest BCUT2D eigenvalue weighted by Crippen LogP contribution is 2.41. The van der Waals surface area contributed by atoms with Gasteiger partial charge in [0.15, 0.2) is 11.5 Å². The summed E-state index contributed by atoms with van der Waals surface area (Å²) < 4.78 is 55.2. The van der Waals surface area contributed by atoms with E-state index in [4.69, 9.17) is 14.2 Å². The van der Waals surface area contributed by atoms with Gasteiger partial charge in [-0.25, -0.2) is 4.79 Å². The zero-order chi connectivity index (χ0) is 20.8. The molecule has 1 amide bonds. The summed E-state index contributed by atoms with van der Waals surface area (Å²) in [6, 6.07) is 8.56. The van der Waals surface area contributed by atoms with Crippen LogP contribution in [0.1, 0.15) is 28.4 Å². The van der Waals surface area contributed by atoms with Crippen molar-refractivity contribution in [2.75, 3.05) is 20.8 Å². The summed E-state index contributed by atoms with van der Waals surface area (Å²) in [5.74, 6) is 1.27. The Morgan fingerprint density at radius 1 is 1.10 bits per heavy atom. The minimum Gasteiger partial charge on any atom is -0.493 e. The summed E-state index contributed by atoms with van der Waals surface area (Å²) >= 11 is 0. The Bertz CT molecular complexity index is 944. The van der Waals surface area contributed by atoms with Crippen LogP contribution < -0.4 is 9.47 Å². The second-order valence-corrected chi connectivity index (χ2v) is 7.15. The number of benzene rings is 2. The Balaban J connectivity index is 1.54. The standard InChI is InChI=1S/C21H20F3NO4/c1-27-17-7-6-12-9-15(10-16(12)19(17)28-2)25-11-18(29-20(25)26)13-4-3-5-14(8-13)21(22,23)24/h3-8,15,18H,9-11H2,1-2H3. The largest absolute Gasteiger partial charge is 0.493 e. The zero-order valence-corrected chi connectivity index (χ0v) is 16.0. The lowest BCUT2D eigenvalue weighted by atomic mass is 10.0. The number of carbonyl (C=O) groups is 1. The molecule has 2 aromatic carbocycles. The second kappa shape index (κ2) is 7.17. The molecular formula is C21H20F3NO4. The van der Waals surface area contributed by atoms with E-state index in [2.05, 4.69) is 0 Å². The Hall–Kier alpha value is -2.90. The van der Waals surface area contributed by atoms with Crippen molar-refractivity contribution in [2.45, 2.75) is 31.2 Å². The van der Waals surface area contributed by atoms with E-state index in [9.17, 15) is 18.0 Å². The molecule has 154 valence electrons. The molecule has 0 radical (unpaired) electrons. The first kappa shape index (κ1) is 19.4. The number of methoxy groups -OCH3 is 2. The lowest BCUT2D eigenvalue weighted by Crippen LogP contribution is -2.36. The maximum absolute atomic E-state index is 13.0. The lowest BCUT2D eigenvalue weighted by molar-refractivity contribution is -0.137. The van der Waals surface area contributed by atoms with Crippen molar-refractivity contribution in [3.63, 3.8) is 0 Å². The first-order chi connectivity index (χ1) is 13.8. The molecule has 2 aliphatic rings. The van der Waals surface area contributed by atoms with Gasteiger partial charge in [0.05, 0.1) is 26.3 Å². The van der Waals surface area contributed by atoms with Gasteiger partial charge in [-0.2, -0.15) is 13.2 Å². The first-order valence-corrected chi connectivity index (χ1v) is 9.19. The number of rotatable bonds is 4. The fraction of sp³-hybridized carbons (Fsp3) is 0.381. The quantitative estimate of drug-likeness (QED) is 0.755. The van der Waals surface area contributed by atoms with Gasteiger partial charge in [-0.05, 0) is 42.2 Å². The minimum atomic E-state index is -4.44. The molecule has 5 nitrogen and oxygen atoms in total. The molecule has 1 aliphatic heterocycles. The Morgan fingerprint density at radius 2 is 1.90 bits per heavy atom. The third-order valence-electron chi connectivity index (χ3n) is 5.51. The van der Waals surface area contributed by atoms with E-state index < -0.39 is 23.9 Å². The molecule has 2 aromatic rings. The molecule has 1 aliphatic carbocycles. The number of alkyl halides is 3. The fourth-order valence-corrected chi connectivity index (χ4v) is 4.10. The number of ether oxygens (including phenoxy) is 3. The van der Waals surface area contributed by atoms with Crippen LogP contribution in [0.2, 0.25) is 0 Å². The maximum atomic E-state index is 13.0. The number of halogens is 3. The summed E-state index contributed by atoms with van der Waals surface area (Å²) in [5.41, 5.74) is 1.62.